The largest absolute Gasteiger partial charge is 0.496 e. The molecule has 2 aromatic rings. The molecule has 0 radical (unpaired) electrons. The lowest BCUT2D eigenvalue weighted by Gasteiger charge is -2.52. The van der Waals surface area contributed by atoms with Crippen LogP contribution in [-0.4, -0.2) is 58.5 Å². The molecule has 0 bridgehead atoms. The van der Waals surface area contributed by atoms with Crippen molar-refractivity contribution in [3.05, 3.63) is 35.4 Å². The lowest BCUT2D eigenvalue weighted by Crippen LogP contribution is -2.61. The Morgan fingerprint density at radius 1 is 1.14 bits per heavy atom. The van der Waals surface area contributed by atoms with Crippen LogP contribution in [-0.2, 0) is 40.7 Å². The second-order valence-corrected chi connectivity index (χ2v) is 8.75. The molecule has 1 spiro atoms. The van der Waals surface area contributed by atoms with Crippen LogP contribution >= 0.6 is 0 Å². The number of methoxy groups -OCH3 is 3. The van der Waals surface area contributed by atoms with Gasteiger partial charge in [0.1, 0.15) is 24.4 Å². The zero-order valence-corrected chi connectivity index (χ0v) is 20.7. The minimum absolute atomic E-state index is 0.0867. The average Bonchev–Trinajstić information content (AvgIpc) is 2.82. The van der Waals surface area contributed by atoms with Crippen LogP contribution in [0.4, 0.5) is 0 Å². The van der Waals surface area contributed by atoms with Gasteiger partial charge in [0.05, 0.1) is 44.5 Å². The molecule has 0 aliphatic carbocycles. The van der Waals surface area contributed by atoms with Crippen molar-refractivity contribution >= 4 is 16.7 Å². The molecule has 0 aromatic heterocycles. The summed E-state index contributed by atoms with van der Waals surface area (Å²) in [4.78, 5) is 12.0. The Balaban J connectivity index is 2.06. The Morgan fingerprint density at radius 2 is 1.83 bits per heavy atom. The molecular weight excluding hydrogens is 454 g/mol. The number of hydrogen-bond donors (Lipinski definition) is 0. The van der Waals surface area contributed by atoms with Gasteiger partial charge in [-0.2, -0.15) is 5.26 Å². The summed E-state index contributed by atoms with van der Waals surface area (Å²) in [7, 11) is 4.70. The van der Waals surface area contributed by atoms with Gasteiger partial charge < -0.3 is 33.2 Å². The highest BCUT2D eigenvalue weighted by atomic mass is 16.8. The number of esters is 1. The van der Waals surface area contributed by atoms with Gasteiger partial charge in [0.2, 0.25) is 5.79 Å². The van der Waals surface area contributed by atoms with Crippen LogP contribution in [0.2, 0.25) is 0 Å². The lowest BCUT2D eigenvalue weighted by molar-refractivity contribution is -0.378. The number of ether oxygens (including phenoxy) is 7. The average molecular weight is 486 g/mol. The van der Waals surface area contributed by atoms with E-state index in [1.165, 1.54) is 14.0 Å². The Bertz CT molecular complexity index is 1130. The van der Waals surface area contributed by atoms with Crippen LogP contribution in [0.25, 0.3) is 10.8 Å². The maximum atomic E-state index is 12.0. The molecule has 2 aliphatic heterocycles. The van der Waals surface area contributed by atoms with Crippen molar-refractivity contribution in [1.29, 1.82) is 5.26 Å². The highest BCUT2D eigenvalue weighted by Crippen LogP contribution is 2.55. The molecule has 188 valence electrons. The Morgan fingerprint density at radius 3 is 2.43 bits per heavy atom. The maximum Gasteiger partial charge on any atom is 0.303 e. The van der Waals surface area contributed by atoms with Gasteiger partial charge in [-0.05, 0) is 6.92 Å². The standard InChI is InChI=1S/C26H31NO8/c1-15-12-21(33-16(2)28)25(32-14-29-3)26(34-15)22-20(13-17(35-26)10-11-27)23(30-4)18-8-6-7-9-19(18)24(22)31-5/h6-9,15,17,21,25H,10,12-14H2,1-5H3/t15-,17-,21-,25-,26-/m0/s1. The highest BCUT2D eigenvalue weighted by molar-refractivity contribution is 5.96. The summed E-state index contributed by atoms with van der Waals surface area (Å²) in [6.07, 6.45) is -1.56. The van der Waals surface area contributed by atoms with Gasteiger partial charge in [0.25, 0.3) is 0 Å². The number of hydrogen-bond acceptors (Lipinski definition) is 9. The fraction of sp³-hybridized carbons (Fsp3) is 0.538. The van der Waals surface area contributed by atoms with E-state index in [4.69, 9.17) is 33.2 Å². The summed E-state index contributed by atoms with van der Waals surface area (Å²) in [5.74, 6) is -0.793. The number of nitrogens with zero attached hydrogens (tertiary/aromatic N) is 1. The minimum Gasteiger partial charge on any atom is -0.496 e. The van der Waals surface area contributed by atoms with Crippen molar-refractivity contribution in [2.75, 3.05) is 28.1 Å². The summed E-state index contributed by atoms with van der Waals surface area (Å²) in [6.45, 7) is 3.15. The Kier molecular flexibility index (Phi) is 7.47. The highest BCUT2D eigenvalue weighted by Gasteiger charge is 2.59. The SMILES string of the molecule is COCO[C@H]1[C@@H](OC(C)=O)C[C@H](C)O[C@@]12O[C@@H](CC#N)Cc1c2c(OC)c2ccccc2c1OC. The van der Waals surface area contributed by atoms with Crippen LogP contribution in [0.5, 0.6) is 11.5 Å². The summed E-state index contributed by atoms with van der Waals surface area (Å²) in [5.41, 5.74) is 1.41. The fourth-order valence-electron chi connectivity index (χ4n) is 5.31. The summed E-state index contributed by atoms with van der Waals surface area (Å²) in [5, 5.41) is 11.2. The van der Waals surface area contributed by atoms with Crippen LogP contribution < -0.4 is 9.47 Å². The molecule has 0 amide bonds. The smallest absolute Gasteiger partial charge is 0.303 e. The van der Waals surface area contributed by atoms with E-state index in [0.717, 1.165) is 16.3 Å². The minimum atomic E-state index is -1.55. The molecule has 0 saturated carbocycles. The number of nitriles is 1. The van der Waals surface area contributed by atoms with Gasteiger partial charge in [0.15, 0.2) is 6.10 Å². The first-order valence-electron chi connectivity index (χ1n) is 11.6. The molecule has 35 heavy (non-hydrogen) atoms. The molecule has 2 heterocycles. The first-order valence-corrected chi connectivity index (χ1v) is 11.6. The second-order valence-electron chi connectivity index (χ2n) is 8.75. The molecule has 1 fully saturated rings. The monoisotopic (exact) mass is 485 g/mol. The van der Waals surface area contributed by atoms with E-state index in [1.54, 1.807) is 14.2 Å². The molecule has 9 nitrogen and oxygen atoms in total. The molecule has 9 heteroatoms. The van der Waals surface area contributed by atoms with Crippen LogP contribution in [0.15, 0.2) is 24.3 Å². The normalized spacial score (nSPS) is 27.8. The molecular formula is C26H31NO8. The van der Waals surface area contributed by atoms with Crippen LogP contribution in [0.3, 0.4) is 0 Å². The van der Waals surface area contributed by atoms with E-state index < -0.39 is 30.1 Å². The van der Waals surface area contributed by atoms with Crippen molar-refractivity contribution < 1.29 is 38.0 Å². The van der Waals surface area contributed by atoms with E-state index in [0.29, 0.717) is 29.9 Å². The van der Waals surface area contributed by atoms with Crippen molar-refractivity contribution in [3.63, 3.8) is 0 Å². The number of benzene rings is 2. The predicted octanol–water partition coefficient (Wildman–Crippen LogP) is 3.59. The Labute approximate surface area is 204 Å². The second kappa shape index (κ2) is 10.4. The summed E-state index contributed by atoms with van der Waals surface area (Å²) < 4.78 is 42.1. The number of rotatable bonds is 7. The molecule has 1 saturated heterocycles. The van der Waals surface area contributed by atoms with Gasteiger partial charge in [-0.25, -0.2) is 0 Å². The molecule has 2 aliphatic rings. The van der Waals surface area contributed by atoms with E-state index in [1.807, 2.05) is 31.2 Å². The number of carbonyl (C=O) groups excluding carboxylic acids is 1. The maximum absolute atomic E-state index is 12.0. The van der Waals surface area contributed by atoms with Crippen LogP contribution in [0.1, 0.15) is 37.8 Å². The molecule has 0 N–H and O–H groups in total. The number of fused-ring (bicyclic) bond motifs is 3. The van der Waals surface area contributed by atoms with E-state index in [9.17, 15) is 10.1 Å². The molecule has 5 atom stereocenters. The van der Waals surface area contributed by atoms with Gasteiger partial charge in [0, 0.05) is 43.2 Å². The third kappa shape index (κ3) is 4.43. The zero-order valence-electron chi connectivity index (χ0n) is 20.7. The van der Waals surface area contributed by atoms with Crippen molar-refractivity contribution in [2.24, 2.45) is 0 Å². The van der Waals surface area contributed by atoms with Crippen LogP contribution in [0, 0.1) is 11.3 Å². The van der Waals surface area contributed by atoms with Gasteiger partial charge in [-0.1, -0.05) is 24.3 Å². The zero-order chi connectivity index (χ0) is 25.2. The topological polar surface area (TPSA) is 105 Å². The summed E-state index contributed by atoms with van der Waals surface area (Å²) >= 11 is 0. The first-order chi connectivity index (χ1) is 16.9. The first kappa shape index (κ1) is 25.2. The van der Waals surface area contributed by atoms with E-state index >= 15 is 0 Å². The van der Waals surface area contributed by atoms with E-state index in [-0.39, 0.29) is 19.3 Å². The summed E-state index contributed by atoms with van der Waals surface area (Å²) in [6, 6.07) is 9.94. The fourth-order valence-corrected chi connectivity index (χ4v) is 5.31. The van der Waals surface area contributed by atoms with Gasteiger partial charge >= 0.3 is 5.97 Å². The molecule has 0 unspecified atom stereocenters. The third-order valence-corrected chi connectivity index (χ3v) is 6.40. The van der Waals surface area contributed by atoms with E-state index in [2.05, 4.69) is 6.07 Å². The van der Waals surface area contributed by atoms with Gasteiger partial charge in [-0.3, -0.25) is 4.79 Å². The number of carbonyl (C=O) groups is 1. The molecule has 2 aromatic carbocycles. The van der Waals surface area contributed by atoms with Crippen molar-refractivity contribution in [3.8, 4) is 17.6 Å². The Hall–Kier alpha value is -2.90. The van der Waals surface area contributed by atoms with Gasteiger partial charge in [-0.15, -0.1) is 0 Å². The molecule has 4 rings (SSSR count). The van der Waals surface area contributed by atoms with Crippen molar-refractivity contribution in [1.82, 2.24) is 0 Å². The third-order valence-electron chi connectivity index (χ3n) is 6.40. The quantitative estimate of drug-likeness (QED) is 0.430. The predicted molar refractivity (Wildman–Crippen MR) is 125 cm³/mol. The van der Waals surface area contributed by atoms with Crippen molar-refractivity contribution in [2.45, 2.75) is 63.3 Å². The lowest BCUT2D eigenvalue weighted by atomic mass is 9.80.